The van der Waals surface area contributed by atoms with Crippen molar-refractivity contribution < 1.29 is 4.74 Å². The fourth-order valence-corrected chi connectivity index (χ4v) is 3.36. The molecule has 1 heterocycles. The van der Waals surface area contributed by atoms with Crippen molar-refractivity contribution in [1.82, 2.24) is 14.9 Å². The second-order valence-electron chi connectivity index (χ2n) is 6.12. The lowest BCUT2D eigenvalue weighted by molar-refractivity contribution is 0.261. The van der Waals surface area contributed by atoms with Crippen molar-refractivity contribution in [2.45, 2.75) is 19.3 Å². The number of rotatable bonds is 5. The van der Waals surface area contributed by atoms with E-state index in [0.29, 0.717) is 22.4 Å². The van der Waals surface area contributed by atoms with Crippen LogP contribution in [0, 0.1) is 0 Å². The number of nitrogens with two attached hydrogens (primary N) is 1. The Labute approximate surface area is 151 Å². The van der Waals surface area contributed by atoms with Gasteiger partial charge in [0.25, 0.3) is 0 Å². The third kappa shape index (κ3) is 3.58. The van der Waals surface area contributed by atoms with Crippen molar-refractivity contribution in [3.8, 4) is 17.0 Å². The predicted octanol–water partition coefficient (Wildman–Crippen LogP) is 3.46. The predicted molar refractivity (Wildman–Crippen MR) is 98.0 cm³/mol. The van der Waals surface area contributed by atoms with Gasteiger partial charge in [0.15, 0.2) is 0 Å². The van der Waals surface area contributed by atoms with Crippen LogP contribution in [0.5, 0.6) is 5.75 Å². The average Bonchev–Trinajstić information content (AvgIpc) is 2.96. The van der Waals surface area contributed by atoms with Crippen molar-refractivity contribution in [3.63, 3.8) is 0 Å². The van der Waals surface area contributed by atoms with Gasteiger partial charge in [-0.05, 0) is 45.5 Å². The molecule has 0 atom stereocenters. The molecule has 2 aromatic rings. The van der Waals surface area contributed by atoms with Gasteiger partial charge in [-0.1, -0.05) is 23.2 Å². The topological polar surface area (TPSA) is 64.3 Å². The molecular formula is C17H20Cl2N4O. The van der Waals surface area contributed by atoms with Crippen LogP contribution in [0.25, 0.3) is 11.3 Å². The van der Waals surface area contributed by atoms with Gasteiger partial charge in [0, 0.05) is 23.4 Å². The minimum absolute atomic E-state index is 0.270. The van der Waals surface area contributed by atoms with Crippen LogP contribution in [0.3, 0.4) is 0 Å². The van der Waals surface area contributed by atoms with Crippen LogP contribution in [0.2, 0.25) is 10.0 Å². The maximum atomic E-state index is 6.43. The molecule has 24 heavy (non-hydrogen) atoms. The zero-order valence-corrected chi connectivity index (χ0v) is 15.3. The summed E-state index contributed by atoms with van der Waals surface area (Å²) in [6.07, 6.45) is 2.91. The molecule has 1 aliphatic rings. The summed E-state index contributed by atoms with van der Waals surface area (Å²) in [5.41, 5.74) is 9.57. The zero-order chi connectivity index (χ0) is 17.3. The molecule has 0 unspecified atom stereocenters. The summed E-state index contributed by atoms with van der Waals surface area (Å²) in [7, 11) is 3.98. The third-order valence-corrected chi connectivity index (χ3v) is 4.63. The largest absolute Gasteiger partial charge is 0.491 e. The van der Waals surface area contributed by atoms with Gasteiger partial charge in [-0.3, -0.25) is 0 Å². The SMILES string of the molecule is CN(C)CCOc1cc(-c2nc(N)nc3c2CCC3)c(Cl)cc1Cl. The maximum absolute atomic E-state index is 6.43. The van der Waals surface area contributed by atoms with Gasteiger partial charge in [-0.25, -0.2) is 9.97 Å². The van der Waals surface area contributed by atoms with E-state index < -0.39 is 0 Å². The number of nitrogen functional groups attached to an aromatic ring is 1. The number of anilines is 1. The van der Waals surface area contributed by atoms with Gasteiger partial charge in [-0.2, -0.15) is 0 Å². The Balaban J connectivity index is 1.99. The van der Waals surface area contributed by atoms with E-state index in [1.165, 1.54) is 0 Å². The Morgan fingerprint density at radius 3 is 2.71 bits per heavy atom. The first-order valence-corrected chi connectivity index (χ1v) is 8.63. The van der Waals surface area contributed by atoms with Gasteiger partial charge in [0.05, 0.1) is 15.7 Å². The number of benzene rings is 1. The number of aryl methyl sites for hydroxylation is 1. The summed E-state index contributed by atoms with van der Waals surface area (Å²) < 4.78 is 5.81. The summed E-state index contributed by atoms with van der Waals surface area (Å²) in [6, 6.07) is 3.55. The molecule has 3 rings (SSSR count). The molecule has 1 aromatic heterocycles. The number of fused-ring (bicyclic) bond motifs is 1. The average molecular weight is 367 g/mol. The van der Waals surface area contributed by atoms with Gasteiger partial charge in [0.2, 0.25) is 5.95 Å². The standard InChI is InChI=1S/C17H20Cl2N4O/c1-23(2)6-7-24-15-8-11(12(18)9-13(15)19)16-10-4-3-5-14(10)21-17(20)22-16/h8-9H,3-7H2,1-2H3,(H2,20,21,22). The van der Waals surface area contributed by atoms with Crippen molar-refractivity contribution in [2.24, 2.45) is 0 Å². The molecule has 0 amide bonds. The summed E-state index contributed by atoms with van der Waals surface area (Å²) >= 11 is 12.7. The van der Waals surface area contributed by atoms with Crippen molar-refractivity contribution in [1.29, 1.82) is 0 Å². The number of ether oxygens (including phenoxy) is 1. The van der Waals surface area contributed by atoms with E-state index in [1.807, 2.05) is 25.1 Å². The molecule has 0 spiro atoms. The van der Waals surface area contributed by atoms with E-state index >= 15 is 0 Å². The van der Waals surface area contributed by atoms with Crippen molar-refractivity contribution in [2.75, 3.05) is 33.0 Å². The molecule has 1 aromatic carbocycles. The summed E-state index contributed by atoms with van der Waals surface area (Å²) in [5, 5.41) is 1.02. The summed E-state index contributed by atoms with van der Waals surface area (Å²) in [6.45, 7) is 1.34. The molecule has 0 fully saturated rings. The Bertz CT molecular complexity index is 765. The Morgan fingerprint density at radius 2 is 1.96 bits per heavy atom. The first kappa shape index (κ1) is 17.3. The van der Waals surface area contributed by atoms with Crippen LogP contribution in [-0.4, -0.2) is 42.1 Å². The maximum Gasteiger partial charge on any atom is 0.220 e. The highest BCUT2D eigenvalue weighted by molar-refractivity contribution is 6.37. The molecular weight excluding hydrogens is 347 g/mol. The Kier molecular flexibility index (Phi) is 5.13. The van der Waals surface area contributed by atoms with Crippen molar-refractivity contribution >= 4 is 29.2 Å². The van der Waals surface area contributed by atoms with E-state index in [-0.39, 0.29) is 5.95 Å². The minimum Gasteiger partial charge on any atom is -0.491 e. The number of hydrogen-bond donors (Lipinski definition) is 1. The van der Waals surface area contributed by atoms with E-state index in [2.05, 4.69) is 9.97 Å². The van der Waals surface area contributed by atoms with Crippen molar-refractivity contribution in [3.05, 3.63) is 33.4 Å². The second kappa shape index (κ2) is 7.13. The van der Waals surface area contributed by atoms with E-state index in [0.717, 1.165) is 48.3 Å². The van der Waals surface area contributed by atoms with Crippen LogP contribution in [0.1, 0.15) is 17.7 Å². The summed E-state index contributed by atoms with van der Waals surface area (Å²) in [4.78, 5) is 10.8. The molecule has 0 bridgehead atoms. The number of nitrogens with zero attached hydrogens (tertiary/aromatic N) is 3. The third-order valence-electron chi connectivity index (χ3n) is 4.02. The molecule has 0 saturated carbocycles. The monoisotopic (exact) mass is 366 g/mol. The van der Waals surface area contributed by atoms with Crippen LogP contribution in [0.4, 0.5) is 5.95 Å². The fourth-order valence-electron chi connectivity index (χ4n) is 2.83. The number of halogens is 2. The molecule has 0 radical (unpaired) electrons. The quantitative estimate of drug-likeness (QED) is 0.877. The Morgan fingerprint density at radius 1 is 1.17 bits per heavy atom. The van der Waals surface area contributed by atoms with E-state index in [1.54, 1.807) is 6.07 Å². The van der Waals surface area contributed by atoms with Crippen LogP contribution >= 0.6 is 23.2 Å². The molecule has 7 heteroatoms. The molecule has 5 nitrogen and oxygen atoms in total. The number of hydrogen-bond acceptors (Lipinski definition) is 5. The second-order valence-corrected chi connectivity index (χ2v) is 6.94. The normalized spacial score (nSPS) is 13.4. The fraction of sp³-hybridized carbons (Fsp3) is 0.412. The highest BCUT2D eigenvalue weighted by Gasteiger charge is 2.22. The first-order chi connectivity index (χ1) is 11.5. The molecule has 1 aliphatic carbocycles. The molecule has 0 saturated heterocycles. The molecule has 2 N–H and O–H groups in total. The van der Waals surface area contributed by atoms with Gasteiger partial charge < -0.3 is 15.4 Å². The van der Waals surface area contributed by atoms with Gasteiger partial charge >= 0.3 is 0 Å². The molecule has 0 aliphatic heterocycles. The van der Waals surface area contributed by atoms with Crippen LogP contribution in [0.15, 0.2) is 12.1 Å². The lowest BCUT2D eigenvalue weighted by Gasteiger charge is -2.15. The van der Waals surface area contributed by atoms with Gasteiger partial charge in [0.1, 0.15) is 12.4 Å². The first-order valence-electron chi connectivity index (χ1n) is 7.88. The molecule has 128 valence electrons. The minimum atomic E-state index is 0.270. The smallest absolute Gasteiger partial charge is 0.220 e. The van der Waals surface area contributed by atoms with E-state index in [4.69, 9.17) is 33.7 Å². The summed E-state index contributed by atoms with van der Waals surface area (Å²) in [5.74, 6) is 0.869. The lowest BCUT2D eigenvalue weighted by atomic mass is 10.0. The van der Waals surface area contributed by atoms with Crippen LogP contribution < -0.4 is 10.5 Å². The highest BCUT2D eigenvalue weighted by atomic mass is 35.5. The number of aromatic nitrogens is 2. The van der Waals surface area contributed by atoms with Gasteiger partial charge in [-0.15, -0.1) is 0 Å². The van der Waals surface area contributed by atoms with Crippen LogP contribution in [-0.2, 0) is 12.8 Å². The highest BCUT2D eigenvalue weighted by Crippen LogP contribution is 2.39. The lowest BCUT2D eigenvalue weighted by Crippen LogP contribution is -2.19. The number of likely N-dealkylation sites (N-methyl/N-ethyl adjacent to an activating group) is 1. The zero-order valence-electron chi connectivity index (χ0n) is 13.8. The van der Waals surface area contributed by atoms with E-state index in [9.17, 15) is 0 Å². The Hall–Kier alpha value is -1.56.